The Hall–Kier alpha value is -4.40. The quantitative estimate of drug-likeness (QED) is 0.194. The number of piperidine rings is 1. The maximum Gasteiger partial charge on any atom is 0.251 e. The topological polar surface area (TPSA) is 86.0 Å². The lowest BCUT2D eigenvalue weighted by Crippen LogP contribution is -2.43. The van der Waals surface area contributed by atoms with E-state index in [1.807, 2.05) is 29.3 Å². The van der Waals surface area contributed by atoms with Crippen LogP contribution in [0.3, 0.4) is 0 Å². The fourth-order valence-electron chi connectivity index (χ4n) is 6.66. The van der Waals surface area contributed by atoms with Crippen molar-refractivity contribution in [3.63, 3.8) is 0 Å². The number of carbonyl (C=O) groups is 1. The molecule has 0 aliphatic carbocycles. The standard InChI is InChI=1S/C36H35ClN6O2/c37-30-12-14-34(43-24-39-40-41-43)32(22-30)29-11-13-33(38-23-29)31(20-25-6-2-1-3-7-25)28-9-4-8-27(21-28)26-15-17-42(18-16-26)36(44)35-10-5-19-45-35/h1-4,6-9,11-14,21-24,26,31,35H,5,10,15-20H2/t31-,35?/m0/s1. The van der Waals surface area contributed by atoms with Gasteiger partial charge in [-0.1, -0.05) is 72.3 Å². The molecule has 0 saturated carbocycles. The van der Waals surface area contributed by atoms with Crippen LogP contribution in [-0.4, -0.2) is 61.8 Å². The zero-order valence-corrected chi connectivity index (χ0v) is 25.8. The molecule has 1 unspecified atom stereocenters. The average molecular weight is 619 g/mol. The van der Waals surface area contributed by atoms with Crippen molar-refractivity contribution in [3.05, 3.63) is 125 Å². The molecule has 45 heavy (non-hydrogen) atoms. The van der Waals surface area contributed by atoms with Crippen LogP contribution in [0.4, 0.5) is 0 Å². The Morgan fingerprint density at radius 2 is 1.82 bits per heavy atom. The van der Waals surface area contributed by atoms with E-state index in [0.717, 1.165) is 67.7 Å². The molecular formula is C36H35ClN6O2. The second-order valence-electron chi connectivity index (χ2n) is 11.9. The third kappa shape index (κ3) is 6.53. The van der Waals surface area contributed by atoms with Crippen LogP contribution < -0.4 is 0 Å². The first-order chi connectivity index (χ1) is 22.1. The van der Waals surface area contributed by atoms with Gasteiger partial charge in [0.2, 0.25) is 0 Å². The number of aromatic nitrogens is 5. The summed E-state index contributed by atoms with van der Waals surface area (Å²) in [5.41, 5.74) is 7.50. The van der Waals surface area contributed by atoms with Crippen molar-refractivity contribution in [1.82, 2.24) is 30.1 Å². The Kier molecular flexibility index (Phi) is 8.67. The number of rotatable bonds is 8. The van der Waals surface area contributed by atoms with E-state index in [9.17, 15) is 4.79 Å². The van der Waals surface area contributed by atoms with Crippen molar-refractivity contribution in [2.45, 2.75) is 50.0 Å². The van der Waals surface area contributed by atoms with E-state index in [2.05, 4.69) is 82.3 Å². The number of tetrazole rings is 1. The summed E-state index contributed by atoms with van der Waals surface area (Å²) < 4.78 is 7.29. The summed E-state index contributed by atoms with van der Waals surface area (Å²) in [6.45, 7) is 2.25. The van der Waals surface area contributed by atoms with Crippen molar-refractivity contribution < 1.29 is 9.53 Å². The minimum absolute atomic E-state index is 0.0703. The number of likely N-dealkylation sites (tertiary alicyclic amines) is 1. The molecule has 0 spiro atoms. The van der Waals surface area contributed by atoms with Crippen LogP contribution in [0.1, 0.15) is 59.9 Å². The van der Waals surface area contributed by atoms with Gasteiger partial charge in [-0.15, -0.1) is 5.10 Å². The smallest absolute Gasteiger partial charge is 0.251 e. The summed E-state index contributed by atoms with van der Waals surface area (Å²) in [4.78, 5) is 19.9. The highest BCUT2D eigenvalue weighted by molar-refractivity contribution is 6.31. The van der Waals surface area contributed by atoms with Crippen LogP contribution in [-0.2, 0) is 16.0 Å². The highest BCUT2D eigenvalue weighted by Gasteiger charge is 2.31. The van der Waals surface area contributed by atoms with E-state index >= 15 is 0 Å². The molecule has 9 heteroatoms. The van der Waals surface area contributed by atoms with E-state index in [1.165, 1.54) is 16.7 Å². The number of hydrogen-bond acceptors (Lipinski definition) is 6. The summed E-state index contributed by atoms with van der Waals surface area (Å²) in [6.07, 6.45) is 7.82. The Morgan fingerprint density at radius 1 is 0.956 bits per heavy atom. The summed E-state index contributed by atoms with van der Waals surface area (Å²) in [5.74, 6) is 0.652. The predicted octanol–water partition coefficient (Wildman–Crippen LogP) is 6.64. The third-order valence-corrected chi connectivity index (χ3v) is 9.32. The van der Waals surface area contributed by atoms with E-state index in [-0.39, 0.29) is 17.9 Å². The van der Waals surface area contributed by atoms with Gasteiger partial charge in [0.1, 0.15) is 12.4 Å². The van der Waals surface area contributed by atoms with E-state index in [4.69, 9.17) is 21.3 Å². The summed E-state index contributed by atoms with van der Waals surface area (Å²) in [5, 5.41) is 12.3. The molecule has 2 aliphatic rings. The highest BCUT2D eigenvalue weighted by atomic mass is 35.5. The molecule has 228 valence electrons. The first-order valence-electron chi connectivity index (χ1n) is 15.7. The van der Waals surface area contributed by atoms with Crippen LogP contribution in [0.5, 0.6) is 0 Å². The van der Waals surface area contributed by atoms with E-state index < -0.39 is 0 Å². The Balaban J connectivity index is 1.15. The molecule has 7 rings (SSSR count). The fourth-order valence-corrected chi connectivity index (χ4v) is 6.84. The molecule has 5 aromatic rings. The number of hydrogen-bond donors (Lipinski definition) is 0. The van der Waals surface area contributed by atoms with Crippen molar-refractivity contribution in [3.8, 4) is 16.8 Å². The SMILES string of the molecule is O=C(C1CCCO1)N1CCC(c2cccc([C@H](Cc3ccccc3)c3ccc(-c4cc(Cl)ccc4-n4cnnn4)cn3)c2)CC1. The maximum atomic E-state index is 12.9. The lowest BCUT2D eigenvalue weighted by Gasteiger charge is -2.33. The van der Waals surface area contributed by atoms with Crippen molar-refractivity contribution in [2.24, 2.45) is 0 Å². The van der Waals surface area contributed by atoms with Gasteiger partial charge < -0.3 is 9.64 Å². The fraction of sp³-hybridized carbons (Fsp3) is 0.306. The van der Waals surface area contributed by atoms with Crippen LogP contribution in [0.15, 0.2) is 97.5 Å². The molecule has 2 saturated heterocycles. The summed E-state index contributed by atoms with van der Waals surface area (Å²) in [7, 11) is 0. The second kappa shape index (κ2) is 13.3. The van der Waals surface area contributed by atoms with Gasteiger partial charge in [0.15, 0.2) is 0 Å². The highest BCUT2D eigenvalue weighted by Crippen LogP contribution is 2.35. The minimum atomic E-state index is -0.243. The Bertz CT molecular complexity index is 1730. The average Bonchev–Trinajstić information content (AvgIpc) is 3.84. The molecule has 8 nitrogen and oxygen atoms in total. The van der Waals surface area contributed by atoms with Gasteiger partial charge >= 0.3 is 0 Å². The number of pyridine rings is 1. The van der Waals surface area contributed by atoms with Crippen molar-refractivity contribution >= 4 is 17.5 Å². The predicted molar refractivity (Wildman–Crippen MR) is 173 cm³/mol. The molecule has 2 aromatic heterocycles. The monoisotopic (exact) mass is 618 g/mol. The summed E-state index contributed by atoms with van der Waals surface area (Å²) in [6, 6.07) is 29.4. The molecule has 4 heterocycles. The molecular weight excluding hydrogens is 584 g/mol. The summed E-state index contributed by atoms with van der Waals surface area (Å²) >= 11 is 6.41. The van der Waals surface area contributed by atoms with Crippen LogP contribution in [0.2, 0.25) is 5.02 Å². The minimum Gasteiger partial charge on any atom is -0.368 e. The lowest BCUT2D eigenvalue weighted by atomic mass is 9.84. The van der Waals surface area contributed by atoms with Gasteiger partial charge in [0, 0.05) is 53.7 Å². The lowest BCUT2D eigenvalue weighted by molar-refractivity contribution is -0.142. The van der Waals surface area contributed by atoms with Crippen LogP contribution in [0, 0.1) is 0 Å². The maximum absolute atomic E-state index is 12.9. The van der Waals surface area contributed by atoms with Crippen LogP contribution in [0.25, 0.3) is 16.8 Å². The van der Waals surface area contributed by atoms with Gasteiger partial charge in [0.25, 0.3) is 5.91 Å². The number of amides is 1. The molecule has 0 radical (unpaired) electrons. The number of nitrogens with zero attached hydrogens (tertiary/aromatic N) is 6. The molecule has 2 atom stereocenters. The number of carbonyl (C=O) groups excluding carboxylic acids is 1. The van der Waals surface area contributed by atoms with E-state index in [1.54, 1.807) is 11.0 Å². The Morgan fingerprint density at radius 3 is 2.56 bits per heavy atom. The normalized spacial score (nSPS) is 17.8. The number of halogens is 1. The third-order valence-electron chi connectivity index (χ3n) is 9.09. The van der Waals surface area contributed by atoms with Crippen molar-refractivity contribution in [2.75, 3.05) is 19.7 Å². The second-order valence-corrected chi connectivity index (χ2v) is 12.3. The zero-order chi connectivity index (χ0) is 30.6. The van der Waals surface area contributed by atoms with Gasteiger partial charge in [0.05, 0.1) is 5.69 Å². The van der Waals surface area contributed by atoms with Gasteiger partial charge in [-0.2, -0.15) is 4.68 Å². The van der Waals surface area contributed by atoms with Gasteiger partial charge in [-0.25, -0.2) is 0 Å². The largest absolute Gasteiger partial charge is 0.368 e. The van der Waals surface area contributed by atoms with Crippen molar-refractivity contribution in [1.29, 1.82) is 0 Å². The molecule has 3 aromatic carbocycles. The Labute approximate surface area is 268 Å². The number of ether oxygens (including phenoxy) is 1. The molecule has 0 N–H and O–H groups in total. The van der Waals surface area contributed by atoms with Gasteiger partial charge in [-0.05, 0) is 89.4 Å². The first-order valence-corrected chi connectivity index (χ1v) is 16.0. The first kappa shape index (κ1) is 29.3. The van der Waals surface area contributed by atoms with Gasteiger partial charge in [-0.3, -0.25) is 9.78 Å². The zero-order valence-electron chi connectivity index (χ0n) is 25.0. The van der Waals surface area contributed by atoms with Crippen LogP contribution >= 0.6 is 11.6 Å². The van der Waals surface area contributed by atoms with E-state index in [0.29, 0.717) is 17.5 Å². The molecule has 2 aliphatic heterocycles. The molecule has 2 fully saturated rings. The molecule has 0 bridgehead atoms. The number of benzene rings is 3. The molecule has 1 amide bonds.